The summed E-state index contributed by atoms with van der Waals surface area (Å²) in [6, 6.07) is 21.0. The van der Waals surface area contributed by atoms with Crippen LogP contribution >= 0.6 is 0 Å². The lowest BCUT2D eigenvalue weighted by Crippen LogP contribution is -2.26. The summed E-state index contributed by atoms with van der Waals surface area (Å²) in [4.78, 5) is 17.0. The van der Waals surface area contributed by atoms with Crippen LogP contribution in [0.3, 0.4) is 0 Å². The second-order valence-corrected chi connectivity index (χ2v) is 6.85. The number of halogens is 1. The normalized spacial score (nSPS) is 10.8. The van der Waals surface area contributed by atoms with Gasteiger partial charge in [0, 0.05) is 0 Å². The molecule has 1 heterocycles. The lowest BCUT2D eigenvalue weighted by Gasteiger charge is -2.12. The number of nitrogens with one attached hydrogen (secondary N) is 1. The number of benzene rings is 3. The van der Waals surface area contributed by atoms with Crippen molar-refractivity contribution in [3.05, 3.63) is 90.0 Å². The maximum Gasteiger partial charge on any atom is 0.254 e. The van der Waals surface area contributed by atoms with Crippen molar-refractivity contribution in [1.82, 2.24) is 14.9 Å². The predicted octanol–water partition coefficient (Wildman–Crippen LogP) is 4.19. The third kappa shape index (κ3) is 4.66. The molecule has 4 aromatic rings. The van der Waals surface area contributed by atoms with Crippen molar-refractivity contribution >= 4 is 16.9 Å². The van der Waals surface area contributed by atoms with Gasteiger partial charge in [-0.05, 0) is 48.5 Å². The lowest BCUT2D eigenvalue weighted by atomic mass is 10.2. The second kappa shape index (κ2) is 9.30. The van der Waals surface area contributed by atoms with Crippen LogP contribution in [0.2, 0.25) is 0 Å². The highest BCUT2D eigenvalue weighted by Gasteiger charge is 2.14. The van der Waals surface area contributed by atoms with Crippen LogP contribution < -0.4 is 14.8 Å². The van der Waals surface area contributed by atoms with Crippen molar-refractivity contribution in [3.63, 3.8) is 0 Å². The van der Waals surface area contributed by atoms with Crippen LogP contribution in [0, 0.1) is 5.82 Å². The Morgan fingerprint density at radius 1 is 1.00 bits per heavy atom. The monoisotopic (exact) mass is 419 g/mol. The highest BCUT2D eigenvalue weighted by atomic mass is 19.1. The first kappa shape index (κ1) is 20.4. The summed E-state index contributed by atoms with van der Waals surface area (Å²) >= 11 is 0. The largest absolute Gasteiger partial charge is 0.497 e. The number of imidazole rings is 1. The Labute approximate surface area is 179 Å². The Kier molecular flexibility index (Phi) is 6.12. The molecule has 0 unspecified atom stereocenters. The molecule has 0 fully saturated rings. The van der Waals surface area contributed by atoms with Gasteiger partial charge in [-0.25, -0.2) is 9.37 Å². The molecule has 158 valence electrons. The van der Waals surface area contributed by atoms with Gasteiger partial charge < -0.3 is 19.4 Å². The first-order chi connectivity index (χ1) is 15.2. The molecule has 3 aromatic carbocycles. The van der Waals surface area contributed by atoms with Crippen molar-refractivity contribution in [2.75, 3.05) is 13.7 Å². The van der Waals surface area contributed by atoms with Gasteiger partial charge in [-0.2, -0.15) is 0 Å². The number of para-hydroxylation sites is 2. The quantitative estimate of drug-likeness (QED) is 0.465. The molecular weight excluding hydrogens is 397 g/mol. The Hall–Kier alpha value is -3.87. The third-order valence-corrected chi connectivity index (χ3v) is 4.90. The zero-order valence-electron chi connectivity index (χ0n) is 17.0. The van der Waals surface area contributed by atoms with E-state index in [2.05, 4.69) is 10.3 Å². The standard InChI is InChI=1S/C24H22FN3O3/c1-30-17-10-12-18(13-11-17)31-15-14-28-22-9-5-4-8-21(22)27-23(28)16-26-24(29)19-6-2-3-7-20(19)25/h2-13H,14-16H2,1H3,(H,26,29). The summed E-state index contributed by atoms with van der Waals surface area (Å²) in [5.41, 5.74) is 1.77. The topological polar surface area (TPSA) is 65.4 Å². The molecule has 7 heteroatoms. The first-order valence-corrected chi connectivity index (χ1v) is 9.89. The van der Waals surface area contributed by atoms with Crippen molar-refractivity contribution < 1.29 is 18.7 Å². The fourth-order valence-electron chi connectivity index (χ4n) is 3.34. The minimum Gasteiger partial charge on any atom is -0.497 e. The summed E-state index contributed by atoms with van der Waals surface area (Å²) in [7, 11) is 1.62. The molecule has 0 aliphatic rings. The van der Waals surface area contributed by atoms with Crippen molar-refractivity contribution in [3.8, 4) is 11.5 Å². The van der Waals surface area contributed by atoms with E-state index in [0.29, 0.717) is 19.0 Å². The molecule has 0 atom stereocenters. The van der Waals surface area contributed by atoms with Gasteiger partial charge in [0.2, 0.25) is 0 Å². The maximum atomic E-state index is 13.9. The van der Waals surface area contributed by atoms with Crippen LogP contribution in [0.5, 0.6) is 11.5 Å². The summed E-state index contributed by atoms with van der Waals surface area (Å²) in [5.74, 6) is 1.14. The van der Waals surface area contributed by atoms with E-state index >= 15 is 0 Å². The van der Waals surface area contributed by atoms with Gasteiger partial charge in [0.15, 0.2) is 0 Å². The third-order valence-electron chi connectivity index (χ3n) is 4.90. The number of carbonyl (C=O) groups excluding carboxylic acids is 1. The van der Waals surface area contributed by atoms with Gasteiger partial charge in [0.05, 0.1) is 36.8 Å². The number of nitrogens with zero attached hydrogens (tertiary/aromatic N) is 2. The summed E-state index contributed by atoms with van der Waals surface area (Å²) in [5, 5.41) is 2.76. The maximum absolute atomic E-state index is 13.9. The molecule has 0 saturated carbocycles. The van der Waals surface area contributed by atoms with Gasteiger partial charge >= 0.3 is 0 Å². The van der Waals surface area contributed by atoms with Crippen LogP contribution in [0.15, 0.2) is 72.8 Å². The first-order valence-electron chi connectivity index (χ1n) is 9.89. The van der Waals surface area contributed by atoms with E-state index in [4.69, 9.17) is 9.47 Å². The Morgan fingerprint density at radius 3 is 2.48 bits per heavy atom. The van der Waals surface area contributed by atoms with Gasteiger partial charge in [-0.1, -0.05) is 24.3 Å². The number of rotatable bonds is 8. The second-order valence-electron chi connectivity index (χ2n) is 6.85. The van der Waals surface area contributed by atoms with E-state index in [1.165, 1.54) is 12.1 Å². The SMILES string of the molecule is COc1ccc(OCCn2c(CNC(=O)c3ccccc3F)nc3ccccc32)cc1. The van der Waals surface area contributed by atoms with Gasteiger partial charge in [-0.15, -0.1) is 0 Å². The highest BCUT2D eigenvalue weighted by Crippen LogP contribution is 2.19. The van der Waals surface area contributed by atoms with Gasteiger partial charge in [0.25, 0.3) is 5.91 Å². The van der Waals surface area contributed by atoms with Crippen molar-refractivity contribution in [1.29, 1.82) is 0 Å². The average molecular weight is 419 g/mol. The summed E-state index contributed by atoms with van der Waals surface area (Å²) in [6.45, 7) is 1.13. The number of hydrogen-bond donors (Lipinski definition) is 1. The summed E-state index contributed by atoms with van der Waals surface area (Å²) < 4.78 is 26.9. The average Bonchev–Trinajstić information content (AvgIpc) is 3.16. The Balaban J connectivity index is 1.47. The van der Waals surface area contributed by atoms with Crippen molar-refractivity contribution in [2.24, 2.45) is 0 Å². The molecule has 0 aliphatic carbocycles. The fraction of sp³-hybridized carbons (Fsp3) is 0.167. The van der Waals surface area contributed by atoms with Crippen LogP contribution in [0.4, 0.5) is 4.39 Å². The zero-order valence-corrected chi connectivity index (χ0v) is 17.0. The molecule has 6 nitrogen and oxygen atoms in total. The van der Waals surface area contributed by atoms with E-state index < -0.39 is 11.7 Å². The molecule has 0 spiro atoms. The van der Waals surface area contributed by atoms with E-state index in [0.717, 1.165) is 22.5 Å². The smallest absolute Gasteiger partial charge is 0.254 e. The number of ether oxygens (including phenoxy) is 2. The molecule has 0 radical (unpaired) electrons. The summed E-state index contributed by atoms with van der Waals surface area (Å²) in [6.07, 6.45) is 0. The molecule has 0 aliphatic heterocycles. The Morgan fingerprint density at radius 2 is 1.71 bits per heavy atom. The fourth-order valence-corrected chi connectivity index (χ4v) is 3.34. The van der Waals surface area contributed by atoms with Crippen LogP contribution in [-0.4, -0.2) is 29.2 Å². The number of carbonyl (C=O) groups is 1. The van der Waals surface area contributed by atoms with Crippen LogP contribution in [-0.2, 0) is 13.1 Å². The van der Waals surface area contributed by atoms with Gasteiger partial charge in [-0.3, -0.25) is 4.79 Å². The molecule has 1 aromatic heterocycles. The lowest BCUT2D eigenvalue weighted by molar-refractivity contribution is 0.0945. The van der Waals surface area contributed by atoms with E-state index in [1.807, 2.05) is 53.1 Å². The molecule has 31 heavy (non-hydrogen) atoms. The van der Waals surface area contributed by atoms with Crippen LogP contribution in [0.1, 0.15) is 16.2 Å². The number of amides is 1. The molecule has 4 rings (SSSR count). The predicted molar refractivity (Wildman–Crippen MR) is 116 cm³/mol. The van der Waals surface area contributed by atoms with Crippen LogP contribution in [0.25, 0.3) is 11.0 Å². The molecule has 1 N–H and O–H groups in total. The van der Waals surface area contributed by atoms with Gasteiger partial charge in [0.1, 0.15) is 29.7 Å². The Bertz CT molecular complexity index is 1190. The van der Waals surface area contributed by atoms with Crippen molar-refractivity contribution in [2.45, 2.75) is 13.1 Å². The molecular formula is C24H22FN3O3. The number of methoxy groups -OCH3 is 1. The molecule has 1 amide bonds. The highest BCUT2D eigenvalue weighted by molar-refractivity contribution is 5.94. The number of fused-ring (bicyclic) bond motifs is 1. The zero-order chi connectivity index (χ0) is 21.6. The minimum absolute atomic E-state index is 0.00741. The number of aromatic nitrogens is 2. The number of hydrogen-bond acceptors (Lipinski definition) is 4. The van der Waals surface area contributed by atoms with E-state index in [-0.39, 0.29) is 12.1 Å². The molecule has 0 saturated heterocycles. The van der Waals surface area contributed by atoms with E-state index in [9.17, 15) is 9.18 Å². The van der Waals surface area contributed by atoms with E-state index in [1.54, 1.807) is 19.2 Å². The molecule has 0 bridgehead atoms. The minimum atomic E-state index is -0.554.